The summed E-state index contributed by atoms with van der Waals surface area (Å²) in [5.74, 6) is -1.21. The highest BCUT2D eigenvalue weighted by Gasteiger charge is 2.20. The van der Waals surface area contributed by atoms with Crippen LogP contribution in [-0.4, -0.2) is 20.7 Å². The number of carbonyl (C=O) groups is 1. The van der Waals surface area contributed by atoms with E-state index in [1.54, 1.807) is 13.0 Å². The van der Waals surface area contributed by atoms with Gasteiger partial charge in [0.25, 0.3) is 0 Å². The van der Waals surface area contributed by atoms with Gasteiger partial charge in [0.05, 0.1) is 0 Å². The van der Waals surface area contributed by atoms with Crippen molar-refractivity contribution >= 4 is 5.97 Å². The molecule has 72 valence electrons. The van der Waals surface area contributed by atoms with Gasteiger partial charge >= 0.3 is 5.97 Å². The zero-order chi connectivity index (χ0) is 10.2. The first-order valence-electron chi connectivity index (χ1n) is 3.99. The highest BCUT2D eigenvalue weighted by molar-refractivity contribution is 5.74. The van der Waals surface area contributed by atoms with Gasteiger partial charge in [-0.15, -0.1) is 0 Å². The van der Waals surface area contributed by atoms with Crippen LogP contribution in [0.4, 0.5) is 0 Å². The number of aliphatic hydroxyl groups is 1. The van der Waals surface area contributed by atoms with Crippen molar-refractivity contribution in [1.29, 1.82) is 0 Å². The van der Waals surface area contributed by atoms with Crippen molar-refractivity contribution in [2.24, 2.45) is 7.05 Å². The number of aromatic nitrogens is 1. The molecule has 0 radical (unpaired) electrons. The average Bonchev–Trinajstić information content (AvgIpc) is 2.31. The molecular formula is C9H13NO3. The summed E-state index contributed by atoms with van der Waals surface area (Å²) >= 11 is 0. The number of nitrogens with zero attached hydrogens (tertiary/aromatic N) is 1. The molecule has 1 aromatic rings. The Morgan fingerprint density at radius 1 is 1.54 bits per heavy atom. The fraction of sp³-hybridized carbons (Fsp3) is 0.444. The Hall–Kier alpha value is -1.29. The van der Waals surface area contributed by atoms with Gasteiger partial charge in [-0.2, -0.15) is 0 Å². The highest BCUT2D eigenvalue weighted by Crippen LogP contribution is 2.20. The first kappa shape index (κ1) is 9.80. The van der Waals surface area contributed by atoms with Crippen LogP contribution in [0.5, 0.6) is 0 Å². The van der Waals surface area contributed by atoms with Crippen LogP contribution in [0.15, 0.2) is 6.07 Å². The van der Waals surface area contributed by atoms with Gasteiger partial charge in [0, 0.05) is 24.0 Å². The first-order chi connectivity index (χ1) is 5.95. The Labute approximate surface area is 76.4 Å². The lowest BCUT2D eigenvalue weighted by atomic mass is 10.1. The van der Waals surface area contributed by atoms with Crippen molar-refractivity contribution in [1.82, 2.24) is 4.57 Å². The summed E-state index contributed by atoms with van der Waals surface area (Å²) in [6.45, 7) is 3.65. The summed E-state index contributed by atoms with van der Waals surface area (Å²) in [7, 11) is 1.84. The molecule has 0 amide bonds. The molecule has 0 fully saturated rings. The van der Waals surface area contributed by atoms with E-state index in [1.807, 2.05) is 18.5 Å². The van der Waals surface area contributed by atoms with E-state index in [9.17, 15) is 9.90 Å². The fourth-order valence-corrected chi connectivity index (χ4v) is 1.29. The van der Waals surface area contributed by atoms with E-state index in [-0.39, 0.29) is 0 Å². The van der Waals surface area contributed by atoms with Crippen molar-refractivity contribution < 1.29 is 15.0 Å². The van der Waals surface area contributed by atoms with Crippen molar-refractivity contribution in [2.45, 2.75) is 20.0 Å². The van der Waals surface area contributed by atoms with Gasteiger partial charge in [-0.1, -0.05) is 0 Å². The van der Waals surface area contributed by atoms with Crippen LogP contribution in [0.25, 0.3) is 0 Å². The zero-order valence-electron chi connectivity index (χ0n) is 7.90. The van der Waals surface area contributed by atoms with Gasteiger partial charge in [-0.3, -0.25) is 0 Å². The maximum Gasteiger partial charge on any atom is 0.337 e. The Morgan fingerprint density at radius 2 is 2.08 bits per heavy atom. The van der Waals surface area contributed by atoms with E-state index in [0.717, 1.165) is 11.4 Å². The van der Waals surface area contributed by atoms with Gasteiger partial charge in [0.15, 0.2) is 6.10 Å². The molecule has 0 spiro atoms. The minimum Gasteiger partial charge on any atom is -0.479 e. The van der Waals surface area contributed by atoms with Gasteiger partial charge in [-0.05, 0) is 19.9 Å². The van der Waals surface area contributed by atoms with Crippen LogP contribution in [0.3, 0.4) is 0 Å². The number of aryl methyl sites for hydroxylation is 1. The Bertz CT molecular complexity index is 341. The van der Waals surface area contributed by atoms with Crippen LogP contribution in [0, 0.1) is 13.8 Å². The highest BCUT2D eigenvalue weighted by atomic mass is 16.4. The molecule has 0 bridgehead atoms. The van der Waals surface area contributed by atoms with Crippen LogP contribution >= 0.6 is 0 Å². The number of aliphatic hydroxyl groups excluding tert-OH is 1. The molecule has 1 aromatic heterocycles. The normalized spacial score (nSPS) is 12.9. The molecular weight excluding hydrogens is 170 g/mol. The molecule has 2 N–H and O–H groups in total. The third kappa shape index (κ3) is 1.58. The van der Waals surface area contributed by atoms with E-state index < -0.39 is 12.1 Å². The third-order valence-corrected chi connectivity index (χ3v) is 2.34. The van der Waals surface area contributed by atoms with E-state index in [2.05, 4.69) is 0 Å². The molecule has 0 aliphatic rings. The number of carboxylic acids is 1. The summed E-state index contributed by atoms with van der Waals surface area (Å²) < 4.78 is 1.85. The first-order valence-corrected chi connectivity index (χ1v) is 3.99. The van der Waals surface area contributed by atoms with E-state index in [1.165, 1.54) is 0 Å². The van der Waals surface area contributed by atoms with Crippen molar-refractivity contribution in [3.05, 3.63) is 23.0 Å². The van der Waals surface area contributed by atoms with Gasteiger partial charge in [-0.25, -0.2) is 4.79 Å². The topological polar surface area (TPSA) is 62.5 Å². The monoisotopic (exact) mass is 183 g/mol. The second kappa shape index (κ2) is 3.22. The Kier molecular flexibility index (Phi) is 2.43. The molecule has 0 aliphatic carbocycles. The molecule has 4 nitrogen and oxygen atoms in total. The molecule has 13 heavy (non-hydrogen) atoms. The third-order valence-electron chi connectivity index (χ3n) is 2.34. The second-order valence-corrected chi connectivity index (χ2v) is 3.13. The summed E-state index contributed by atoms with van der Waals surface area (Å²) in [6, 6.07) is 1.69. The fourth-order valence-electron chi connectivity index (χ4n) is 1.29. The van der Waals surface area contributed by atoms with Gasteiger partial charge in [0.1, 0.15) is 0 Å². The lowest BCUT2D eigenvalue weighted by molar-refractivity contribution is -0.147. The molecule has 0 saturated heterocycles. The lowest BCUT2D eigenvalue weighted by Crippen LogP contribution is -2.11. The minimum atomic E-state index is -1.42. The van der Waals surface area contributed by atoms with Crippen LogP contribution < -0.4 is 0 Å². The number of hydrogen-bond acceptors (Lipinski definition) is 2. The predicted molar refractivity (Wildman–Crippen MR) is 47.5 cm³/mol. The van der Waals surface area contributed by atoms with E-state index >= 15 is 0 Å². The second-order valence-electron chi connectivity index (χ2n) is 3.13. The number of aliphatic carboxylic acids is 1. The largest absolute Gasteiger partial charge is 0.479 e. The SMILES string of the molecule is Cc1cc(C(O)C(=O)O)c(C)n1C. The summed E-state index contributed by atoms with van der Waals surface area (Å²) in [5, 5.41) is 17.9. The van der Waals surface area contributed by atoms with Crippen molar-refractivity contribution in [2.75, 3.05) is 0 Å². The van der Waals surface area contributed by atoms with Crippen LogP contribution in [0.2, 0.25) is 0 Å². The number of hydrogen-bond donors (Lipinski definition) is 2. The number of carboxylic acid groups (broad SMARTS) is 1. The summed E-state index contributed by atoms with van der Waals surface area (Å²) in [6.07, 6.45) is -1.42. The summed E-state index contributed by atoms with van der Waals surface area (Å²) in [5.41, 5.74) is 2.19. The molecule has 1 heterocycles. The smallest absolute Gasteiger partial charge is 0.337 e. The average molecular weight is 183 g/mol. The lowest BCUT2D eigenvalue weighted by Gasteiger charge is -2.05. The molecule has 1 unspecified atom stereocenters. The van der Waals surface area contributed by atoms with Crippen molar-refractivity contribution in [3.8, 4) is 0 Å². The quantitative estimate of drug-likeness (QED) is 0.711. The Morgan fingerprint density at radius 3 is 2.38 bits per heavy atom. The molecule has 1 atom stereocenters. The molecule has 0 aromatic carbocycles. The summed E-state index contributed by atoms with van der Waals surface area (Å²) in [4.78, 5) is 10.5. The standard InChI is InChI=1S/C9H13NO3/c1-5-4-7(6(2)10(5)3)8(11)9(12)13/h4,8,11H,1-3H3,(H,12,13). The minimum absolute atomic E-state index is 0.465. The maximum absolute atomic E-state index is 10.5. The molecule has 4 heteroatoms. The molecule has 0 aliphatic heterocycles. The predicted octanol–water partition coefficient (Wildman–Crippen LogP) is 0.760. The zero-order valence-corrected chi connectivity index (χ0v) is 7.90. The molecule has 1 rings (SSSR count). The van der Waals surface area contributed by atoms with Gasteiger partial charge < -0.3 is 14.8 Å². The maximum atomic E-state index is 10.5. The number of rotatable bonds is 2. The van der Waals surface area contributed by atoms with E-state index in [0.29, 0.717) is 5.56 Å². The van der Waals surface area contributed by atoms with Crippen LogP contribution in [0.1, 0.15) is 23.1 Å². The van der Waals surface area contributed by atoms with E-state index in [4.69, 9.17) is 5.11 Å². The van der Waals surface area contributed by atoms with Crippen molar-refractivity contribution in [3.63, 3.8) is 0 Å². The Balaban J connectivity index is 3.15. The van der Waals surface area contributed by atoms with Gasteiger partial charge in [0.2, 0.25) is 0 Å². The van der Waals surface area contributed by atoms with Crippen LogP contribution in [-0.2, 0) is 11.8 Å². The molecule has 0 saturated carbocycles.